The van der Waals surface area contributed by atoms with Crippen LogP contribution in [0.1, 0.15) is 51.3 Å². The molecule has 6 heteroatoms. The highest BCUT2D eigenvalue weighted by Crippen LogP contribution is 2.25. The van der Waals surface area contributed by atoms with Crippen LogP contribution in [0.2, 0.25) is 0 Å². The van der Waals surface area contributed by atoms with Gasteiger partial charge in [-0.3, -0.25) is 4.79 Å². The van der Waals surface area contributed by atoms with Gasteiger partial charge >= 0.3 is 0 Å². The van der Waals surface area contributed by atoms with Crippen molar-refractivity contribution in [1.82, 2.24) is 9.88 Å². The molecule has 4 nitrogen and oxygen atoms in total. The first-order valence-corrected chi connectivity index (χ1v) is 9.74. The number of hydrogen-bond donors (Lipinski definition) is 0. The van der Waals surface area contributed by atoms with E-state index >= 15 is 0 Å². The second-order valence-electron chi connectivity index (χ2n) is 7.21. The number of rotatable bonds is 6. The number of likely N-dealkylation sites (tertiary alicyclic amines) is 1. The molecule has 1 amide bonds. The van der Waals surface area contributed by atoms with Crippen LogP contribution < -0.4 is 0 Å². The summed E-state index contributed by atoms with van der Waals surface area (Å²) >= 11 is 0. The van der Waals surface area contributed by atoms with Gasteiger partial charge in [-0.15, -0.1) is 0 Å². The van der Waals surface area contributed by atoms with E-state index in [-0.39, 0.29) is 17.2 Å². The summed E-state index contributed by atoms with van der Waals surface area (Å²) < 4.78 is 32.4. The number of oxazole rings is 1. The van der Waals surface area contributed by atoms with Crippen LogP contribution in [0.25, 0.3) is 11.3 Å². The summed E-state index contributed by atoms with van der Waals surface area (Å²) in [6.45, 7) is 3.84. The summed E-state index contributed by atoms with van der Waals surface area (Å²) in [4.78, 5) is 18.6. The maximum Gasteiger partial charge on any atom is 0.223 e. The monoisotopic (exact) mass is 376 g/mol. The number of aryl methyl sites for hydroxylation is 1. The van der Waals surface area contributed by atoms with E-state index in [0.29, 0.717) is 18.7 Å². The molecule has 1 saturated heterocycles. The van der Waals surface area contributed by atoms with E-state index in [9.17, 15) is 13.6 Å². The second-order valence-corrected chi connectivity index (χ2v) is 7.21. The SMILES string of the molecule is CCCC1CCCN(C(=O)CCc2ncc(-c3ccc(F)cc3F)o2)CC1. The summed E-state index contributed by atoms with van der Waals surface area (Å²) in [6.07, 6.45) is 7.87. The van der Waals surface area contributed by atoms with Crippen molar-refractivity contribution in [2.75, 3.05) is 13.1 Å². The van der Waals surface area contributed by atoms with Crippen molar-refractivity contribution in [2.24, 2.45) is 5.92 Å². The number of aromatic nitrogens is 1. The Bertz CT molecular complexity index is 775. The van der Waals surface area contributed by atoms with Crippen molar-refractivity contribution in [3.63, 3.8) is 0 Å². The van der Waals surface area contributed by atoms with E-state index in [0.717, 1.165) is 37.9 Å². The third kappa shape index (κ3) is 5.15. The highest BCUT2D eigenvalue weighted by Gasteiger charge is 2.21. The lowest BCUT2D eigenvalue weighted by Gasteiger charge is -2.20. The molecule has 0 spiro atoms. The van der Waals surface area contributed by atoms with Crippen molar-refractivity contribution in [3.05, 3.63) is 41.9 Å². The second kappa shape index (κ2) is 9.11. The average molecular weight is 376 g/mol. The van der Waals surface area contributed by atoms with Gasteiger partial charge in [-0.05, 0) is 37.3 Å². The molecule has 0 N–H and O–H groups in total. The highest BCUT2D eigenvalue weighted by molar-refractivity contribution is 5.76. The third-order valence-corrected chi connectivity index (χ3v) is 5.20. The summed E-state index contributed by atoms with van der Waals surface area (Å²) in [5.41, 5.74) is 0.163. The van der Waals surface area contributed by atoms with E-state index in [1.807, 2.05) is 4.90 Å². The Morgan fingerprint density at radius 1 is 1.30 bits per heavy atom. The van der Waals surface area contributed by atoms with E-state index in [4.69, 9.17) is 4.42 Å². The Kier molecular flexibility index (Phi) is 6.58. The molecule has 1 fully saturated rings. The van der Waals surface area contributed by atoms with Crippen molar-refractivity contribution in [3.8, 4) is 11.3 Å². The van der Waals surface area contributed by atoms with Crippen LogP contribution in [0.3, 0.4) is 0 Å². The first-order valence-electron chi connectivity index (χ1n) is 9.74. The van der Waals surface area contributed by atoms with Gasteiger partial charge < -0.3 is 9.32 Å². The molecule has 1 unspecified atom stereocenters. The molecule has 2 aromatic rings. The lowest BCUT2D eigenvalue weighted by atomic mass is 9.96. The zero-order valence-electron chi connectivity index (χ0n) is 15.7. The van der Waals surface area contributed by atoms with Crippen molar-refractivity contribution < 1.29 is 18.0 Å². The Morgan fingerprint density at radius 2 is 2.15 bits per heavy atom. The Labute approximate surface area is 158 Å². The minimum absolute atomic E-state index is 0.111. The van der Waals surface area contributed by atoms with Crippen LogP contribution in [0, 0.1) is 17.6 Å². The lowest BCUT2D eigenvalue weighted by Crippen LogP contribution is -2.32. The lowest BCUT2D eigenvalue weighted by molar-refractivity contribution is -0.131. The van der Waals surface area contributed by atoms with Gasteiger partial charge in [-0.1, -0.05) is 19.8 Å². The molecule has 1 aliphatic rings. The molecule has 1 aliphatic heterocycles. The Hall–Kier alpha value is -2.24. The zero-order valence-corrected chi connectivity index (χ0v) is 15.7. The number of hydrogen-bond acceptors (Lipinski definition) is 3. The van der Waals surface area contributed by atoms with Gasteiger partial charge in [0.2, 0.25) is 5.91 Å². The first-order chi connectivity index (χ1) is 13.1. The van der Waals surface area contributed by atoms with Gasteiger partial charge in [0.15, 0.2) is 11.7 Å². The van der Waals surface area contributed by atoms with Gasteiger partial charge in [0.05, 0.1) is 11.8 Å². The number of amides is 1. The molecule has 0 aliphatic carbocycles. The average Bonchev–Trinajstić information content (AvgIpc) is 2.98. The molecule has 0 bridgehead atoms. The van der Waals surface area contributed by atoms with Gasteiger partial charge in [-0.2, -0.15) is 0 Å². The van der Waals surface area contributed by atoms with Crippen LogP contribution in [0.15, 0.2) is 28.8 Å². The van der Waals surface area contributed by atoms with Crippen LogP contribution in [-0.4, -0.2) is 28.9 Å². The standard InChI is InChI=1S/C21H26F2N2O2/c1-2-4-15-5-3-11-25(12-10-15)21(26)9-8-20-24-14-19(27-20)17-7-6-16(22)13-18(17)23/h6-7,13-15H,2-5,8-12H2,1H3. The van der Waals surface area contributed by atoms with Gasteiger partial charge in [0, 0.05) is 32.0 Å². The number of halogens is 2. The highest BCUT2D eigenvalue weighted by atomic mass is 19.1. The van der Waals surface area contributed by atoms with Crippen LogP contribution in [-0.2, 0) is 11.2 Å². The zero-order chi connectivity index (χ0) is 19.2. The molecular formula is C21H26F2N2O2. The fourth-order valence-corrected chi connectivity index (χ4v) is 3.72. The van der Waals surface area contributed by atoms with Crippen LogP contribution >= 0.6 is 0 Å². The maximum absolute atomic E-state index is 13.8. The normalized spacial score (nSPS) is 17.7. The summed E-state index contributed by atoms with van der Waals surface area (Å²) in [5, 5.41) is 0. The van der Waals surface area contributed by atoms with Crippen molar-refractivity contribution in [1.29, 1.82) is 0 Å². The Balaban J connectivity index is 1.54. The fourth-order valence-electron chi connectivity index (χ4n) is 3.72. The molecule has 2 heterocycles. The number of benzene rings is 1. The van der Waals surface area contributed by atoms with Crippen LogP contribution in [0.5, 0.6) is 0 Å². The van der Waals surface area contributed by atoms with Gasteiger partial charge in [0.1, 0.15) is 11.6 Å². The van der Waals surface area contributed by atoms with Crippen molar-refractivity contribution >= 4 is 5.91 Å². The molecule has 1 aromatic heterocycles. The predicted molar refractivity (Wildman–Crippen MR) is 99.0 cm³/mol. The third-order valence-electron chi connectivity index (χ3n) is 5.20. The molecule has 1 atom stereocenters. The molecule has 146 valence electrons. The Morgan fingerprint density at radius 3 is 2.93 bits per heavy atom. The molecular weight excluding hydrogens is 350 g/mol. The molecule has 0 saturated carbocycles. The van der Waals surface area contributed by atoms with E-state index in [1.165, 1.54) is 37.6 Å². The molecule has 3 rings (SSSR count). The number of nitrogens with zero attached hydrogens (tertiary/aromatic N) is 2. The summed E-state index contributed by atoms with van der Waals surface area (Å²) in [6, 6.07) is 3.31. The largest absolute Gasteiger partial charge is 0.441 e. The first kappa shape index (κ1) is 19.5. The van der Waals surface area contributed by atoms with E-state index in [1.54, 1.807) is 0 Å². The van der Waals surface area contributed by atoms with E-state index < -0.39 is 11.6 Å². The van der Waals surface area contributed by atoms with Gasteiger partial charge in [0.25, 0.3) is 0 Å². The van der Waals surface area contributed by atoms with Crippen LogP contribution in [0.4, 0.5) is 8.78 Å². The minimum Gasteiger partial charge on any atom is -0.441 e. The smallest absolute Gasteiger partial charge is 0.223 e. The van der Waals surface area contributed by atoms with E-state index in [2.05, 4.69) is 11.9 Å². The number of carbonyl (C=O) groups excluding carboxylic acids is 1. The summed E-state index contributed by atoms with van der Waals surface area (Å²) in [5.74, 6) is 0.139. The minimum atomic E-state index is -0.694. The molecule has 27 heavy (non-hydrogen) atoms. The molecule has 0 radical (unpaired) electrons. The van der Waals surface area contributed by atoms with Crippen molar-refractivity contribution in [2.45, 2.75) is 51.9 Å². The molecule has 1 aromatic carbocycles. The van der Waals surface area contributed by atoms with Gasteiger partial charge in [-0.25, -0.2) is 13.8 Å². The maximum atomic E-state index is 13.8. The summed E-state index contributed by atoms with van der Waals surface area (Å²) in [7, 11) is 0. The number of carbonyl (C=O) groups is 1. The topological polar surface area (TPSA) is 46.3 Å². The predicted octanol–water partition coefficient (Wildman–Crippen LogP) is 4.98. The quantitative estimate of drug-likeness (QED) is 0.714. The fraction of sp³-hybridized carbons (Fsp3) is 0.524.